The van der Waals surface area contributed by atoms with Gasteiger partial charge >= 0.3 is 0 Å². The molecule has 1 aromatic carbocycles. The van der Waals surface area contributed by atoms with E-state index in [2.05, 4.69) is 15.9 Å². The third-order valence-electron chi connectivity index (χ3n) is 1.44. The fourth-order valence-corrected chi connectivity index (χ4v) is 1.42. The van der Waals surface area contributed by atoms with Gasteiger partial charge in [-0.05, 0) is 12.1 Å². The van der Waals surface area contributed by atoms with Gasteiger partial charge in [0.05, 0.1) is 0 Å². The lowest BCUT2D eigenvalue weighted by atomic mass is 10.2. The molecule has 0 aliphatic rings. The smallest absolute Gasteiger partial charge is 0.166 e. The highest BCUT2D eigenvalue weighted by molar-refractivity contribution is 9.10. The minimum Gasteiger partial charge on any atom is -0.504 e. The number of phenols is 1. The van der Waals surface area contributed by atoms with Gasteiger partial charge in [-0.25, -0.2) is 4.39 Å². The van der Waals surface area contributed by atoms with Gasteiger partial charge in [-0.15, -0.1) is 11.6 Å². The standard InChI is InChI=1S/C9H7BrClFO/c10-7-4-6(2-1-3-11)9(13)8(12)5-7/h1-2,4-5,13H,3H2. The first-order valence-electron chi connectivity index (χ1n) is 3.55. The predicted molar refractivity (Wildman–Crippen MR) is 55.5 cm³/mol. The highest BCUT2D eigenvalue weighted by atomic mass is 79.9. The van der Waals surface area contributed by atoms with Crippen molar-refractivity contribution in [2.45, 2.75) is 0 Å². The first-order chi connectivity index (χ1) is 6.15. The van der Waals surface area contributed by atoms with Gasteiger partial charge in [0.2, 0.25) is 0 Å². The molecule has 13 heavy (non-hydrogen) atoms. The summed E-state index contributed by atoms with van der Waals surface area (Å²) in [6, 6.07) is 2.81. The summed E-state index contributed by atoms with van der Waals surface area (Å²) in [4.78, 5) is 0. The Morgan fingerprint density at radius 3 is 2.85 bits per heavy atom. The number of hydrogen-bond acceptors (Lipinski definition) is 1. The van der Waals surface area contributed by atoms with Gasteiger partial charge in [-0.3, -0.25) is 0 Å². The number of alkyl halides is 1. The molecule has 0 radical (unpaired) electrons. The summed E-state index contributed by atoms with van der Waals surface area (Å²) in [5.74, 6) is -0.679. The van der Waals surface area contributed by atoms with Gasteiger partial charge in [-0.1, -0.05) is 28.1 Å². The monoisotopic (exact) mass is 264 g/mol. The zero-order chi connectivity index (χ0) is 9.84. The van der Waals surface area contributed by atoms with E-state index in [0.29, 0.717) is 15.9 Å². The molecule has 70 valence electrons. The molecule has 0 spiro atoms. The summed E-state index contributed by atoms with van der Waals surface area (Å²) < 4.78 is 13.5. The summed E-state index contributed by atoms with van der Waals surface area (Å²) >= 11 is 8.53. The number of rotatable bonds is 2. The summed E-state index contributed by atoms with van der Waals surface area (Å²) in [5.41, 5.74) is 0.410. The normalized spacial score (nSPS) is 11.0. The second-order valence-corrected chi connectivity index (χ2v) is 3.61. The fourth-order valence-electron chi connectivity index (χ4n) is 0.884. The molecule has 0 aliphatic heterocycles. The molecule has 0 aliphatic carbocycles. The maximum Gasteiger partial charge on any atom is 0.166 e. The molecule has 0 fully saturated rings. The first-order valence-corrected chi connectivity index (χ1v) is 4.88. The maximum atomic E-state index is 12.9. The Morgan fingerprint density at radius 1 is 1.54 bits per heavy atom. The molecule has 0 heterocycles. The van der Waals surface area contributed by atoms with Crippen LogP contribution in [0.4, 0.5) is 4.39 Å². The van der Waals surface area contributed by atoms with Crippen molar-refractivity contribution in [3.05, 3.63) is 34.1 Å². The predicted octanol–water partition coefficient (Wildman–Crippen LogP) is 3.55. The van der Waals surface area contributed by atoms with Crippen LogP contribution in [-0.4, -0.2) is 11.0 Å². The van der Waals surface area contributed by atoms with E-state index in [1.807, 2.05) is 0 Å². The van der Waals surface area contributed by atoms with Crippen LogP contribution in [0, 0.1) is 5.82 Å². The lowest BCUT2D eigenvalue weighted by Crippen LogP contribution is -1.81. The summed E-state index contributed by atoms with van der Waals surface area (Å²) in [6.45, 7) is 0. The van der Waals surface area contributed by atoms with Crippen LogP contribution in [0.25, 0.3) is 6.08 Å². The molecule has 0 unspecified atom stereocenters. The minimum absolute atomic E-state index is 0.327. The second-order valence-electron chi connectivity index (χ2n) is 2.38. The zero-order valence-electron chi connectivity index (χ0n) is 6.60. The van der Waals surface area contributed by atoms with E-state index in [1.54, 1.807) is 18.2 Å². The third kappa shape index (κ3) is 2.71. The van der Waals surface area contributed by atoms with Crippen LogP contribution in [0.1, 0.15) is 5.56 Å². The molecule has 1 rings (SSSR count). The molecule has 1 nitrogen and oxygen atoms in total. The van der Waals surface area contributed by atoms with Crippen molar-refractivity contribution in [1.29, 1.82) is 0 Å². The highest BCUT2D eigenvalue weighted by Gasteiger charge is 2.05. The molecular formula is C9H7BrClFO. The van der Waals surface area contributed by atoms with Gasteiger partial charge in [0.25, 0.3) is 0 Å². The fraction of sp³-hybridized carbons (Fsp3) is 0.111. The Labute approximate surface area is 89.0 Å². The number of allylic oxidation sites excluding steroid dienone is 1. The number of benzene rings is 1. The topological polar surface area (TPSA) is 20.2 Å². The molecular weight excluding hydrogens is 258 g/mol. The molecule has 1 aromatic rings. The van der Waals surface area contributed by atoms with Crippen molar-refractivity contribution in [2.24, 2.45) is 0 Å². The zero-order valence-corrected chi connectivity index (χ0v) is 8.94. The summed E-state index contributed by atoms with van der Waals surface area (Å²) in [5, 5.41) is 9.26. The molecule has 0 amide bonds. The molecule has 4 heteroatoms. The van der Waals surface area contributed by atoms with Crippen molar-refractivity contribution in [1.82, 2.24) is 0 Å². The quantitative estimate of drug-likeness (QED) is 0.811. The Balaban J connectivity index is 3.12. The Morgan fingerprint density at radius 2 is 2.23 bits per heavy atom. The largest absolute Gasteiger partial charge is 0.504 e. The van der Waals surface area contributed by atoms with E-state index in [1.165, 1.54) is 6.07 Å². The molecule has 0 atom stereocenters. The maximum absolute atomic E-state index is 12.9. The molecule has 0 saturated carbocycles. The Hall–Kier alpha value is -0.540. The van der Waals surface area contributed by atoms with Crippen LogP contribution in [0.3, 0.4) is 0 Å². The summed E-state index contributed by atoms with van der Waals surface area (Å²) in [7, 11) is 0. The molecule has 1 N–H and O–H groups in total. The van der Waals surface area contributed by atoms with Crippen LogP contribution in [0.15, 0.2) is 22.7 Å². The Kier molecular flexibility index (Phi) is 3.75. The van der Waals surface area contributed by atoms with E-state index in [-0.39, 0.29) is 5.75 Å². The van der Waals surface area contributed by atoms with Crippen molar-refractivity contribution in [3.8, 4) is 5.75 Å². The van der Waals surface area contributed by atoms with Gasteiger partial charge in [0.1, 0.15) is 0 Å². The van der Waals surface area contributed by atoms with E-state index in [9.17, 15) is 9.50 Å². The average molecular weight is 266 g/mol. The van der Waals surface area contributed by atoms with Gasteiger partial charge in [-0.2, -0.15) is 0 Å². The SMILES string of the molecule is Oc1c(F)cc(Br)cc1C=CCCl. The first kappa shape index (κ1) is 10.5. The van der Waals surface area contributed by atoms with E-state index in [0.717, 1.165) is 0 Å². The van der Waals surface area contributed by atoms with E-state index >= 15 is 0 Å². The highest BCUT2D eigenvalue weighted by Crippen LogP contribution is 2.26. The lowest BCUT2D eigenvalue weighted by Gasteiger charge is -2.01. The number of hydrogen-bond donors (Lipinski definition) is 1. The van der Waals surface area contributed by atoms with E-state index < -0.39 is 5.82 Å². The molecule has 0 bridgehead atoms. The van der Waals surface area contributed by atoms with Crippen LogP contribution >= 0.6 is 27.5 Å². The van der Waals surface area contributed by atoms with Gasteiger partial charge in [0.15, 0.2) is 11.6 Å². The van der Waals surface area contributed by atoms with Crippen molar-refractivity contribution in [2.75, 3.05) is 5.88 Å². The minimum atomic E-state index is -0.649. The van der Waals surface area contributed by atoms with Crippen LogP contribution in [-0.2, 0) is 0 Å². The van der Waals surface area contributed by atoms with Crippen molar-refractivity contribution in [3.63, 3.8) is 0 Å². The van der Waals surface area contributed by atoms with Gasteiger partial charge < -0.3 is 5.11 Å². The number of aromatic hydroxyl groups is 1. The number of halogens is 3. The third-order valence-corrected chi connectivity index (χ3v) is 2.08. The van der Waals surface area contributed by atoms with Crippen LogP contribution in [0.5, 0.6) is 5.75 Å². The van der Waals surface area contributed by atoms with E-state index in [4.69, 9.17) is 11.6 Å². The van der Waals surface area contributed by atoms with Crippen molar-refractivity contribution >= 4 is 33.6 Å². The Bertz CT molecular complexity index is 339. The van der Waals surface area contributed by atoms with Crippen LogP contribution in [0.2, 0.25) is 0 Å². The average Bonchev–Trinajstić information content (AvgIpc) is 2.09. The van der Waals surface area contributed by atoms with Crippen LogP contribution < -0.4 is 0 Å². The molecule has 0 saturated heterocycles. The molecule has 0 aromatic heterocycles. The lowest BCUT2D eigenvalue weighted by molar-refractivity contribution is 0.431. The summed E-state index contributed by atoms with van der Waals surface area (Å²) in [6.07, 6.45) is 3.19. The van der Waals surface area contributed by atoms with Crippen molar-refractivity contribution < 1.29 is 9.50 Å². The number of phenolic OH excluding ortho intramolecular Hbond substituents is 1. The van der Waals surface area contributed by atoms with Gasteiger partial charge in [0, 0.05) is 15.9 Å². The second kappa shape index (κ2) is 4.63.